The Morgan fingerprint density at radius 2 is 1.61 bits per heavy atom. The number of benzene rings is 3. The first-order chi connectivity index (χ1) is 17.2. The number of nitrogens with one attached hydrogen (secondary N) is 3. The lowest BCUT2D eigenvalue weighted by molar-refractivity contribution is -0.135. The number of hydrogen-bond acceptors (Lipinski definition) is 5. The van der Waals surface area contributed by atoms with Gasteiger partial charge in [0.2, 0.25) is 5.91 Å². The summed E-state index contributed by atoms with van der Waals surface area (Å²) in [5.41, 5.74) is 0.762. The molecule has 0 aliphatic carbocycles. The maximum atomic E-state index is 13.5. The minimum atomic E-state index is -1.92. The summed E-state index contributed by atoms with van der Waals surface area (Å²) in [6.07, 6.45) is -2.80. The summed E-state index contributed by atoms with van der Waals surface area (Å²) in [7, 11) is 0. The number of carbonyl (C=O) groups is 3. The van der Waals surface area contributed by atoms with Crippen LogP contribution >= 0.6 is 0 Å². The monoisotopic (exact) mass is 495 g/mol. The molecule has 0 saturated carbocycles. The standard InChI is InChI=1S/C26H23F2N3O5/c1-14(29-26(35)22(32)16-11-17(27)13-18(28)12-16)24(33)31-21-23(15-7-3-2-4-8-15)36-20-10-6-5-9-19(20)30-25(21)34/h2-14,21-23,32H,1H3,(H,29,35)(H,30,34)(H,31,33)/t14-,21-,22?,23+/m0/s1. The van der Waals surface area contributed by atoms with Crippen LogP contribution in [0.3, 0.4) is 0 Å². The SMILES string of the molecule is C[C@H](NC(=O)C(O)c1cc(F)cc(F)c1)C(=O)N[C@@H]1C(=O)Nc2ccccc2O[C@@H]1c1ccccc1. The zero-order valence-electron chi connectivity index (χ0n) is 19.1. The minimum Gasteiger partial charge on any atom is -0.481 e. The average Bonchev–Trinajstić information content (AvgIpc) is 2.99. The summed E-state index contributed by atoms with van der Waals surface area (Å²) in [4.78, 5) is 38.5. The molecule has 186 valence electrons. The fourth-order valence-electron chi connectivity index (χ4n) is 3.79. The van der Waals surface area contributed by atoms with Crippen molar-refractivity contribution in [3.8, 4) is 5.75 Å². The highest BCUT2D eigenvalue weighted by atomic mass is 19.1. The molecular weight excluding hydrogens is 472 g/mol. The second kappa shape index (κ2) is 10.5. The molecule has 1 aliphatic heterocycles. The Hall–Kier alpha value is -4.31. The molecule has 3 aromatic carbocycles. The number of amides is 3. The molecule has 1 aliphatic rings. The maximum absolute atomic E-state index is 13.5. The van der Waals surface area contributed by atoms with Gasteiger partial charge >= 0.3 is 0 Å². The number of carbonyl (C=O) groups excluding carboxylic acids is 3. The lowest BCUT2D eigenvalue weighted by Crippen LogP contribution is -2.54. The second-order valence-electron chi connectivity index (χ2n) is 8.26. The van der Waals surface area contributed by atoms with E-state index in [9.17, 15) is 28.3 Å². The Balaban J connectivity index is 1.51. The zero-order valence-corrected chi connectivity index (χ0v) is 19.1. The summed E-state index contributed by atoms with van der Waals surface area (Å²) in [5.74, 6) is -3.82. The summed E-state index contributed by atoms with van der Waals surface area (Å²) < 4.78 is 33.0. The van der Waals surface area contributed by atoms with Crippen molar-refractivity contribution in [3.63, 3.8) is 0 Å². The fraction of sp³-hybridized carbons (Fsp3) is 0.192. The Labute approximate surface area is 205 Å². The third-order valence-corrected chi connectivity index (χ3v) is 5.61. The van der Waals surface area contributed by atoms with E-state index in [2.05, 4.69) is 16.0 Å². The predicted octanol–water partition coefficient (Wildman–Crippen LogP) is 2.76. The molecule has 8 nitrogen and oxygen atoms in total. The molecule has 1 unspecified atom stereocenters. The van der Waals surface area contributed by atoms with Crippen molar-refractivity contribution in [2.24, 2.45) is 0 Å². The van der Waals surface area contributed by atoms with E-state index < -0.39 is 53.6 Å². The first kappa shape index (κ1) is 24.8. The van der Waals surface area contributed by atoms with Crippen molar-refractivity contribution in [1.82, 2.24) is 10.6 Å². The number of halogens is 2. The molecule has 0 spiro atoms. The number of aliphatic hydroxyl groups is 1. The average molecular weight is 495 g/mol. The molecule has 0 saturated heterocycles. The molecular formula is C26H23F2N3O5. The van der Waals surface area contributed by atoms with Gasteiger partial charge in [-0.1, -0.05) is 42.5 Å². The van der Waals surface area contributed by atoms with Gasteiger partial charge in [0.15, 0.2) is 12.2 Å². The number of para-hydroxylation sites is 2. The maximum Gasteiger partial charge on any atom is 0.254 e. The van der Waals surface area contributed by atoms with Crippen LogP contribution < -0.4 is 20.7 Å². The Morgan fingerprint density at radius 1 is 0.972 bits per heavy atom. The van der Waals surface area contributed by atoms with Crippen molar-refractivity contribution in [2.75, 3.05) is 5.32 Å². The van der Waals surface area contributed by atoms with Gasteiger partial charge < -0.3 is 25.8 Å². The van der Waals surface area contributed by atoms with Gasteiger partial charge in [-0.05, 0) is 42.3 Å². The molecule has 0 radical (unpaired) electrons. The van der Waals surface area contributed by atoms with Gasteiger partial charge in [0.25, 0.3) is 11.8 Å². The van der Waals surface area contributed by atoms with Crippen molar-refractivity contribution < 1.29 is 33.0 Å². The van der Waals surface area contributed by atoms with Crippen molar-refractivity contribution in [1.29, 1.82) is 0 Å². The molecule has 4 rings (SSSR count). The largest absolute Gasteiger partial charge is 0.481 e. The number of fused-ring (bicyclic) bond motifs is 1. The highest BCUT2D eigenvalue weighted by molar-refractivity contribution is 6.00. The molecule has 3 amide bonds. The summed E-state index contributed by atoms with van der Waals surface area (Å²) in [6.45, 7) is 1.34. The topological polar surface area (TPSA) is 117 Å². The van der Waals surface area contributed by atoms with Crippen molar-refractivity contribution in [3.05, 3.63) is 95.6 Å². The van der Waals surface area contributed by atoms with Crippen LogP contribution in [0, 0.1) is 11.6 Å². The predicted molar refractivity (Wildman–Crippen MR) is 126 cm³/mol. The van der Waals surface area contributed by atoms with Crippen LogP contribution in [-0.2, 0) is 14.4 Å². The van der Waals surface area contributed by atoms with Gasteiger partial charge in [0, 0.05) is 6.07 Å². The van der Waals surface area contributed by atoms with Gasteiger partial charge in [0.1, 0.15) is 29.5 Å². The third-order valence-electron chi connectivity index (χ3n) is 5.61. The van der Waals surface area contributed by atoms with Gasteiger partial charge in [0.05, 0.1) is 5.69 Å². The van der Waals surface area contributed by atoms with Crippen molar-refractivity contribution in [2.45, 2.75) is 31.2 Å². The van der Waals surface area contributed by atoms with Crippen LogP contribution in [0.25, 0.3) is 0 Å². The quantitative estimate of drug-likeness (QED) is 0.420. The van der Waals surface area contributed by atoms with E-state index in [1.165, 1.54) is 6.92 Å². The first-order valence-electron chi connectivity index (χ1n) is 11.1. The Morgan fingerprint density at radius 3 is 2.31 bits per heavy atom. The van der Waals surface area contributed by atoms with Crippen LogP contribution in [0.5, 0.6) is 5.75 Å². The fourth-order valence-corrected chi connectivity index (χ4v) is 3.79. The smallest absolute Gasteiger partial charge is 0.254 e. The highest BCUT2D eigenvalue weighted by Crippen LogP contribution is 2.34. The molecule has 0 fully saturated rings. The Kier molecular flexibility index (Phi) is 7.25. The van der Waals surface area contributed by atoms with E-state index in [-0.39, 0.29) is 5.56 Å². The minimum absolute atomic E-state index is 0.309. The van der Waals surface area contributed by atoms with Crippen LogP contribution in [0.2, 0.25) is 0 Å². The number of anilines is 1. The molecule has 3 aromatic rings. The van der Waals surface area contributed by atoms with Gasteiger partial charge in [-0.3, -0.25) is 14.4 Å². The van der Waals surface area contributed by atoms with E-state index >= 15 is 0 Å². The summed E-state index contributed by atoms with van der Waals surface area (Å²) in [5, 5.41) is 17.8. The third kappa shape index (κ3) is 5.49. The number of ether oxygens (including phenoxy) is 1. The van der Waals surface area contributed by atoms with Gasteiger partial charge in [-0.25, -0.2) is 8.78 Å². The number of aliphatic hydroxyl groups excluding tert-OH is 1. The van der Waals surface area contributed by atoms with E-state index in [4.69, 9.17) is 4.74 Å². The molecule has 10 heteroatoms. The summed E-state index contributed by atoms with van der Waals surface area (Å²) >= 11 is 0. The van der Waals surface area contributed by atoms with E-state index in [1.54, 1.807) is 54.6 Å². The molecule has 1 heterocycles. The normalized spacial score (nSPS) is 18.5. The lowest BCUT2D eigenvalue weighted by atomic mass is 10.0. The molecule has 36 heavy (non-hydrogen) atoms. The van der Waals surface area contributed by atoms with Gasteiger partial charge in [-0.15, -0.1) is 0 Å². The molecule has 4 N–H and O–H groups in total. The summed E-state index contributed by atoms with van der Waals surface area (Å²) in [6, 6.07) is 15.5. The van der Waals surface area contributed by atoms with Gasteiger partial charge in [-0.2, -0.15) is 0 Å². The zero-order chi connectivity index (χ0) is 25.8. The van der Waals surface area contributed by atoms with E-state index in [0.29, 0.717) is 23.1 Å². The van der Waals surface area contributed by atoms with Crippen LogP contribution in [0.15, 0.2) is 72.8 Å². The molecule has 0 aromatic heterocycles. The van der Waals surface area contributed by atoms with Crippen LogP contribution in [-0.4, -0.2) is 34.9 Å². The van der Waals surface area contributed by atoms with Crippen LogP contribution in [0.4, 0.5) is 14.5 Å². The number of rotatable bonds is 6. The first-order valence-corrected chi connectivity index (χ1v) is 11.1. The van der Waals surface area contributed by atoms with Crippen LogP contribution in [0.1, 0.15) is 30.3 Å². The van der Waals surface area contributed by atoms with E-state index in [1.807, 2.05) is 0 Å². The molecule has 0 bridgehead atoms. The van der Waals surface area contributed by atoms with E-state index in [0.717, 1.165) is 12.1 Å². The highest BCUT2D eigenvalue weighted by Gasteiger charge is 2.37. The van der Waals surface area contributed by atoms with Crippen molar-refractivity contribution >= 4 is 23.4 Å². The molecule has 4 atom stereocenters. The lowest BCUT2D eigenvalue weighted by Gasteiger charge is -2.27. The Bertz CT molecular complexity index is 1270. The number of hydrogen-bond donors (Lipinski definition) is 4. The second-order valence-corrected chi connectivity index (χ2v) is 8.26.